The smallest absolute Gasteiger partial charge is 0.157 e. The highest BCUT2D eigenvalue weighted by molar-refractivity contribution is 5.52. The number of benzene rings is 1. The Labute approximate surface area is 114 Å². The lowest BCUT2D eigenvalue weighted by Crippen LogP contribution is -2.10. The molecule has 1 atom stereocenters. The maximum absolute atomic E-state index is 4.45. The summed E-state index contributed by atoms with van der Waals surface area (Å²) in [6, 6.07) is 10.0. The highest BCUT2D eigenvalue weighted by atomic mass is 15.6. The Morgan fingerprint density at radius 1 is 1.26 bits per heavy atom. The molecule has 0 bridgehead atoms. The van der Waals surface area contributed by atoms with Gasteiger partial charge in [0.05, 0.1) is 6.04 Å². The van der Waals surface area contributed by atoms with Crippen LogP contribution in [0.4, 0.5) is 0 Å². The van der Waals surface area contributed by atoms with Gasteiger partial charge < -0.3 is 0 Å². The van der Waals surface area contributed by atoms with Crippen molar-refractivity contribution in [3.8, 4) is 11.4 Å². The summed E-state index contributed by atoms with van der Waals surface area (Å²) in [7, 11) is 0. The molecule has 0 saturated carbocycles. The van der Waals surface area contributed by atoms with Gasteiger partial charge in [0.1, 0.15) is 0 Å². The van der Waals surface area contributed by atoms with E-state index in [4.69, 9.17) is 0 Å². The second kappa shape index (κ2) is 6.83. The van der Waals surface area contributed by atoms with Crippen molar-refractivity contribution in [1.29, 1.82) is 0 Å². The minimum absolute atomic E-state index is 0.136. The third-order valence-electron chi connectivity index (χ3n) is 3.13. The van der Waals surface area contributed by atoms with Crippen LogP contribution in [0.15, 0.2) is 43.0 Å². The Kier molecular flexibility index (Phi) is 4.84. The summed E-state index contributed by atoms with van der Waals surface area (Å²) in [5, 5.41) is 12.7. The number of hydrogen-bond donors (Lipinski definition) is 0. The fourth-order valence-electron chi connectivity index (χ4n) is 2.00. The maximum atomic E-state index is 4.45. The Bertz CT molecular complexity index is 504. The lowest BCUT2D eigenvalue weighted by atomic mass is 10.1. The van der Waals surface area contributed by atoms with Gasteiger partial charge in [0, 0.05) is 5.56 Å². The Morgan fingerprint density at radius 3 is 2.74 bits per heavy atom. The van der Waals surface area contributed by atoms with Crippen molar-refractivity contribution in [1.82, 2.24) is 20.2 Å². The molecule has 0 fully saturated rings. The zero-order valence-corrected chi connectivity index (χ0v) is 11.4. The minimum Gasteiger partial charge on any atom is -0.157 e. The largest absolute Gasteiger partial charge is 0.204 e. The van der Waals surface area contributed by atoms with E-state index in [0.717, 1.165) is 18.4 Å². The molecule has 1 heterocycles. The van der Waals surface area contributed by atoms with Crippen LogP contribution in [0.1, 0.15) is 38.6 Å². The monoisotopic (exact) mass is 256 g/mol. The average Bonchev–Trinajstić information content (AvgIpc) is 2.94. The predicted molar refractivity (Wildman–Crippen MR) is 76.6 cm³/mol. The van der Waals surface area contributed by atoms with Gasteiger partial charge in [-0.25, -0.2) is 0 Å². The van der Waals surface area contributed by atoms with E-state index in [-0.39, 0.29) is 6.04 Å². The zero-order chi connectivity index (χ0) is 13.5. The van der Waals surface area contributed by atoms with Crippen LogP contribution < -0.4 is 0 Å². The number of nitrogens with zero attached hydrogens (tertiary/aromatic N) is 4. The maximum Gasteiger partial charge on any atom is 0.204 e. The average molecular weight is 256 g/mol. The van der Waals surface area contributed by atoms with Gasteiger partial charge in [-0.05, 0) is 11.6 Å². The van der Waals surface area contributed by atoms with E-state index < -0.39 is 0 Å². The lowest BCUT2D eigenvalue weighted by molar-refractivity contribution is 0.423. The van der Waals surface area contributed by atoms with E-state index in [1.54, 1.807) is 4.80 Å². The van der Waals surface area contributed by atoms with Gasteiger partial charge in [-0.3, -0.25) is 0 Å². The lowest BCUT2D eigenvalue weighted by Gasteiger charge is -2.09. The molecule has 0 aliphatic rings. The summed E-state index contributed by atoms with van der Waals surface area (Å²) in [5.41, 5.74) is 0.991. The summed E-state index contributed by atoms with van der Waals surface area (Å²) >= 11 is 0. The van der Waals surface area contributed by atoms with E-state index in [9.17, 15) is 0 Å². The number of tetrazole rings is 1. The van der Waals surface area contributed by atoms with Crippen LogP contribution in [-0.2, 0) is 0 Å². The summed E-state index contributed by atoms with van der Waals surface area (Å²) in [4.78, 5) is 1.67. The van der Waals surface area contributed by atoms with E-state index >= 15 is 0 Å². The highest BCUT2D eigenvalue weighted by Gasteiger charge is 2.11. The van der Waals surface area contributed by atoms with Gasteiger partial charge in [0.15, 0.2) is 0 Å². The van der Waals surface area contributed by atoms with Crippen LogP contribution in [0.25, 0.3) is 11.4 Å². The molecular weight excluding hydrogens is 236 g/mol. The normalized spacial score (nSPS) is 12.3. The fourth-order valence-corrected chi connectivity index (χ4v) is 2.00. The molecule has 4 nitrogen and oxygen atoms in total. The van der Waals surface area contributed by atoms with E-state index in [1.165, 1.54) is 12.8 Å². The van der Waals surface area contributed by atoms with Crippen LogP contribution in [0, 0.1) is 0 Å². The number of unbranched alkanes of at least 4 members (excludes halogenated alkanes) is 2. The van der Waals surface area contributed by atoms with Gasteiger partial charge in [0.25, 0.3) is 0 Å². The number of allylic oxidation sites excluding steroid dienone is 1. The first-order valence-corrected chi connectivity index (χ1v) is 6.82. The van der Waals surface area contributed by atoms with Gasteiger partial charge in [-0.2, -0.15) is 4.80 Å². The second-order valence-electron chi connectivity index (χ2n) is 4.60. The third-order valence-corrected chi connectivity index (χ3v) is 3.13. The molecule has 1 aromatic heterocycles. The molecule has 19 heavy (non-hydrogen) atoms. The van der Waals surface area contributed by atoms with E-state index in [1.807, 2.05) is 36.4 Å². The van der Waals surface area contributed by atoms with Crippen molar-refractivity contribution in [2.45, 2.75) is 38.6 Å². The highest BCUT2D eigenvalue weighted by Crippen LogP contribution is 2.17. The first-order chi connectivity index (χ1) is 9.35. The summed E-state index contributed by atoms with van der Waals surface area (Å²) in [5.74, 6) is 0.669. The van der Waals surface area contributed by atoms with Crippen LogP contribution in [0.2, 0.25) is 0 Å². The van der Waals surface area contributed by atoms with Crippen molar-refractivity contribution in [3.63, 3.8) is 0 Å². The van der Waals surface area contributed by atoms with Gasteiger partial charge in [-0.1, -0.05) is 62.6 Å². The second-order valence-corrected chi connectivity index (χ2v) is 4.60. The topological polar surface area (TPSA) is 43.6 Å². The summed E-state index contributed by atoms with van der Waals surface area (Å²) in [6.45, 7) is 6.07. The first kappa shape index (κ1) is 13.5. The van der Waals surface area contributed by atoms with Gasteiger partial charge in [0.2, 0.25) is 5.82 Å². The van der Waals surface area contributed by atoms with E-state index in [2.05, 4.69) is 28.9 Å². The van der Waals surface area contributed by atoms with Crippen molar-refractivity contribution in [2.75, 3.05) is 0 Å². The summed E-state index contributed by atoms with van der Waals surface area (Å²) < 4.78 is 0. The van der Waals surface area contributed by atoms with Crippen molar-refractivity contribution < 1.29 is 0 Å². The predicted octanol–water partition coefficient (Wildman–Crippen LogP) is 3.65. The van der Waals surface area contributed by atoms with Crippen molar-refractivity contribution in [3.05, 3.63) is 43.0 Å². The van der Waals surface area contributed by atoms with Crippen LogP contribution in [-0.4, -0.2) is 20.2 Å². The van der Waals surface area contributed by atoms with Gasteiger partial charge >= 0.3 is 0 Å². The van der Waals surface area contributed by atoms with Crippen LogP contribution in [0.5, 0.6) is 0 Å². The molecule has 1 aromatic carbocycles. The van der Waals surface area contributed by atoms with Crippen molar-refractivity contribution in [2.24, 2.45) is 0 Å². The molecule has 0 aliphatic heterocycles. The Balaban J connectivity index is 2.09. The van der Waals surface area contributed by atoms with Crippen molar-refractivity contribution >= 4 is 0 Å². The number of aromatic nitrogens is 4. The number of rotatable bonds is 7. The Morgan fingerprint density at radius 2 is 2.05 bits per heavy atom. The van der Waals surface area contributed by atoms with Gasteiger partial charge in [-0.15, -0.1) is 16.8 Å². The zero-order valence-electron chi connectivity index (χ0n) is 11.4. The molecule has 100 valence electrons. The molecule has 1 unspecified atom stereocenters. The molecule has 4 heteroatoms. The van der Waals surface area contributed by atoms with E-state index in [0.29, 0.717) is 5.82 Å². The third kappa shape index (κ3) is 3.50. The molecular formula is C15H20N4. The first-order valence-electron chi connectivity index (χ1n) is 6.82. The summed E-state index contributed by atoms with van der Waals surface area (Å²) in [6.07, 6.45) is 6.51. The molecule has 2 aromatic rings. The fraction of sp³-hybridized carbons (Fsp3) is 0.400. The molecule has 0 radical (unpaired) electrons. The molecule has 0 amide bonds. The minimum atomic E-state index is 0.136. The SMILES string of the molecule is C=CC(CCCCC)n1nnc(-c2ccccc2)n1. The molecule has 0 N–H and O–H groups in total. The standard InChI is InChI=1S/C15H20N4/c1-3-5-7-12-14(4-2)19-17-15(16-18-19)13-10-8-6-9-11-13/h4,6,8-11,14H,2-3,5,7,12H2,1H3. The molecule has 0 spiro atoms. The molecule has 0 saturated heterocycles. The quantitative estimate of drug-likeness (QED) is 0.561. The van der Waals surface area contributed by atoms with Crippen LogP contribution >= 0.6 is 0 Å². The number of hydrogen-bond acceptors (Lipinski definition) is 3. The molecule has 0 aliphatic carbocycles. The van der Waals surface area contributed by atoms with Crippen LogP contribution in [0.3, 0.4) is 0 Å². The Hall–Kier alpha value is -1.97. The molecule has 2 rings (SSSR count).